The molecule has 2 bridgehead atoms. The number of hydrogen-bond donors (Lipinski definition) is 1. The largest absolute Gasteiger partial charge is 0.472 e. The normalized spacial score (nSPS) is 45.6. The maximum atomic E-state index is 13.1. The van der Waals surface area contributed by atoms with Crippen LogP contribution in [-0.2, 0) is 28.6 Å². The highest BCUT2D eigenvalue weighted by Crippen LogP contribution is 2.69. The van der Waals surface area contributed by atoms with Gasteiger partial charge in [0.25, 0.3) is 0 Å². The van der Waals surface area contributed by atoms with Crippen molar-refractivity contribution in [3.63, 3.8) is 0 Å². The highest BCUT2D eigenvalue weighted by atomic mass is 16.6. The van der Waals surface area contributed by atoms with Crippen LogP contribution < -0.4 is 0 Å². The van der Waals surface area contributed by atoms with Crippen molar-refractivity contribution >= 4 is 17.9 Å². The molecule has 7 unspecified atom stereocenters. The van der Waals surface area contributed by atoms with Crippen LogP contribution in [0.3, 0.4) is 0 Å². The average Bonchev–Trinajstić information content (AvgIpc) is 3.21. The van der Waals surface area contributed by atoms with Gasteiger partial charge < -0.3 is 23.7 Å². The number of methoxy groups -OCH3 is 1. The first-order valence-electron chi connectivity index (χ1n) is 10.0. The Kier molecular flexibility index (Phi) is 3.76. The lowest BCUT2D eigenvalue weighted by Gasteiger charge is -2.66. The lowest BCUT2D eigenvalue weighted by Crippen LogP contribution is -2.75. The first-order valence-corrected chi connectivity index (χ1v) is 10.0. The zero-order valence-corrected chi connectivity index (χ0v) is 16.4. The van der Waals surface area contributed by atoms with E-state index in [4.69, 9.17) is 18.6 Å². The van der Waals surface area contributed by atoms with Gasteiger partial charge in [0.05, 0.1) is 25.6 Å². The van der Waals surface area contributed by atoms with Crippen LogP contribution in [0, 0.1) is 22.7 Å². The van der Waals surface area contributed by atoms with Crippen molar-refractivity contribution in [1.82, 2.24) is 0 Å². The summed E-state index contributed by atoms with van der Waals surface area (Å²) in [4.78, 5) is 38.7. The average molecular weight is 404 g/mol. The molecule has 0 amide bonds. The summed E-state index contributed by atoms with van der Waals surface area (Å²) in [6.45, 7) is 1.97. The number of furan rings is 1. The van der Waals surface area contributed by atoms with Gasteiger partial charge in [0.2, 0.25) is 0 Å². The van der Waals surface area contributed by atoms with Crippen LogP contribution in [-0.4, -0.2) is 41.8 Å². The fraction of sp³-hybridized carbons (Fsp3) is 0.667. The second-order valence-corrected chi connectivity index (χ2v) is 9.13. The zero-order chi connectivity index (χ0) is 20.6. The second kappa shape index (κ2) is 5.84. The van der Waals surface area contributed by atoms with Crippen molar-refractivity contribution in [3.8, 4) is 0 Å². The molecule has 5 aliphatic rings. The van der Waals surface area contributed by atoms with E-state index in [1.165, 1.54) is 13.4 Å². The minimum absolute atomic E-state index is 0.0261. The van der Waals surface area contributed by atoms with Gasteiger partial charge >= 0.3 is 17.9 Å². The molecule has 2 saturated carbocycles. The van der Waals surface area contributed by atoms with Gasteiger partial charge in [-0.15, -0.1) is 0 Å². The minimum atomic E-state index is -1.95. The van der Waals surface area contributed by atoms with E-state index in [0.29, 0.717) is 19.3 Å². The summed E-state index contributed by atoms with van der Waals surface area (Å²) in [6, 6.07) is 1.76. The number of rotatable bonds is 2. The molecule has 8 nitrogen and oxygen atoms in total. The van der Waals surface area contributed by atoms with Crippen LogP contribution >= 0.6 is 0 Å². The van der Waals surface area contributed by atoms with E-state index >= 15 is 0 Å². The summed E-state index contributed by atoms with van der Waals surface area (Å²) in [7, 11) is 1.21. The Morgan fingerprint density at radius 2 is 2.07 bits per heavy atom. The predicted molar refractivity (Wildman–Crippen MR) is 95.0 cm³/mol. The quantitative estimate of drug-likeness (QED) is 0.588. The SMILES string of the molecule is COC(=O)C1(O)CC2CC3C4(C)CC(c5ccoc5)OC(=O)C4CCC31C(=O)O2. The van der Waals surface area contributed by atoms with Gasteiger partial charge in [-0.3, -0.25) is 9.59 Å². The van der Waals surface area contributed by atoms with Crippen molar-refractivity contribution in [2.24, 2.45) is 22.7 Å². The van der Waals surface area contributed by atoms with Gasteiger partial charge in [-0.2, -0.15) is 0 Å². The molecule has 8 heteroatoms. The fourth-order valence-electron chi connectivity index (χ4n) is 6.68. The van der Waals surface area contributed by atoms with E-state index in [1.807, 2.05) is 6.92 Å². The maximum absolute atomic E-state index is 13.1. The molecular formula is C21H24O8. The van der Waals surface area contributed by atoms with Gasteiger partial charge in [-0.25, -0.2) is 4.79 Å². The van der Waals surface area contributed by atoms with Gasteiger partial charge in [0, 0.05) is 12.0 Å². The molecule has 7 atom stereocenters. The first kappa shape index (κ1) is 18.7. The topological polar surface area (TPSA) is 112 Å². The standard InChI is InChI=1S/C21H24O8/c1-19-9-14(11-4-6-27-10-11)29-16(22)13(19)3-5-20-15(19)7-12(28-17(20)23)8-21(20,25)18(24)26-2/h4,6,10,12-15,25H,3,5,7-9H2,1-2H3. The van der Waals surface area contributed by atoms with E-state index in [2.05, 4.69) is 0 Å². The van der Waals surface area contributed by atoms with E-state index in [9.17, 15) is 19.5 Å². The smallest absolute Gasteiger partial charge is 0.339 e. The van der Waals surface area contributed by atoms with Gasteiger partial charge in [-0.05, 0) is 43.1 Å². The number of cyclic esters (lactones) is 1. The molecule has 1 aromatic rings. The zero-order valence-electron chi connectivity index (χ0n) is 16.4. The van der Waals surface area contributed by atoms with Crippen LogP contribution in [0.25, 0.3) is 0 Å². The third-order valence-corrected chi connectivity index (χ3v) is 8.02. The van der Waals surface area contributed by atoms with Crippen molar-refractivity contribution in [1.29, 1.82) is 0 Å². The maximum Gasteiger partial charge on any atom is 0.339 e. The number of hydrogen-bond acceptors (Lipinski definition) is 8. The lowest BCUT2D eigenvalue weighted by molar-refractivity contribution is -0.283. The van der Waals surface area contributed by atoms with E-state index in [-0.39, 0.29) is 18.8 Å². The monoisotopic (exact) mass is 404 g/mol. The van der Waals surface area contributed by atoms with Crippen molar-refractivity contribution in [2.45, 2.75) is 56.8 Å². The molecule has 3 aliphatic heterocycles. The Morgan fingerprint density at radius 3 is 2.76 bits per heavy atom. The molecule has 1 spiro atoms. The summed E-state index contributed by atoms with van der Waals surface area (Å²) in [5, 5.41) is 11.5. The molecule has 6 rings (SSSR count). The number of fused-ring (bicyclic) bond motifs is 3. The Bertz CT molecular complexity index is 877. The Morgan fingerprint density at radius 1 is 1.28 bits per heavy atom. The second-order valence-electron chi connectivity index (χ2n) is 9.13. The predicted octanol–water partition coefficient (Wildman–Crippen LogP) is 1.91. The molecule has 29 heavy (non-hydrogen) atoms. The first-order chi connectivity index (χ1) is 13.8. The van der Waals surface area contributed by atoms with Crippen LogP contribution in [0.2, 0.25) is 0 Å². The summed E-state index contributed by atoms with van der Waals surface area (Å²) in [5.74, 6) is -2.49. The highest BCUT2D eigenvalue weighted by molar-refractivity contribution is 5.93. The molecule has 1 N–H and O–H groups in total. The van der Waals surface area contributed by atoms with Crippen LogP contribution in [0.1, 0.15) is 50.7 Å². The van der Waals surface area contributed by atoms with Crippen molar-refractivity contribution in [2.75, 3.05) is 7.11 Å². The van der Waals surface area contributed by atoms with Crippen LogP contribution in [0.5, 0.6) is 0 Å². The van der Waals surface area contributed by atoms with Crippen molar-refractivity contribution in [3.05, 3.63) is 24.2 Å². The minimum Gasteiger partial charge on any atom is -0.472 e. The number of aliphatic hydroxyl groups is 1. The van der Waals surface area contributed by atoms with Crippen molar-refractivity contribution < 1.29 is 38.1 Å². The number of carbonyl (C=O) groups is 3. The summed E-state index contributed by atoms with van der Waals surface area (Å²) < 4.78 is 21.3. The highest BCUT2D eigenvalue weighted by Gasteiger charge is 2.77. The number of carbonyl (C=O) groups excluding carboxylic acids is 3. The van der Waals surface area contributed by atoms with Gasteiger partial charge in [0.1, 0.15) is 17.6 Å². The van der Waals surface area contributed by atoms with Crippen LogP contribution in [0.15, 0.2) is 23.0 Å². The molecule has 156 valence electrons. The van der Waals surface area contributed by atoms with Gasteiger partial charge in [-0.1, -0.05) is 6.92 Å². The van der Waals surface area contributed by atoms with Crippen LogP contribution in [0.4, 0.5) is 0 Å². The Hall–Kier alpha value is -2.35. The third kappa shape index (κ3) is 2.15. The van der Waals surface area contributed by atoms with Gasteiger partial charge in [0.15, 0.2) is 5.60 Å². The Labute approximate surface area is 167 Å². The summed E-state index contributed by atoms with van der Waals surface area (Å²) in [5.41, 5.74) is -3.26. The molecule has 4 heterocycles. The third-order valence-electron chi connectivity index (χ3n) is 8.02. The molecule has 3 saturated heterocycles. The number of ether oxygens (including phenoxy) is 3. The molecular weight excluding hydrogens is 380 g/mol. The van der Waals surface area contributed by atoms with E-state index < -0.39 is 52.4 Å². The number of esters is 3. The summed E-state index contributed by atoms with van der Waals surface area (Å²) in [6.07, 6.45) is 3.51. The van der Waals surface area contributed by atoms with E-state index in [1.54, 1.807) is 12.3 Å². The summed E-state index contributed by atoms with van der Waals surface area (Å²) >= 11 is 0. The molecule has 2 aliphatic carbocycles. The van der Waals surface area contributed by atoms with E-state index in [0.717, 1.165) is 5.56 Å². The fourth-order valence-corrected chi connectivity index (χ4v) is 6.68. The molecule has 1 aromatic heterocycles. The molecule has 0 aromatic carbocycles. The molecule has 5 fully saturated rings. The Balaban J connectivity index is 1.62. The lowest BCUT2D eigenvalue weighted by atomic mass is 9.40. The molecule has 0 radical (unpaired) electrons.